The second-order valence-electron chi connectivity index (χ2n) is 11.1. The average molecular weight is 689 g/mol. The Balaban J connectivity index is 4.16. The number of allylic oxidation sites excluding steroid dienone is 16. The van der Waals surface area contributed by atoms with E-state index in [0.29, 0.717) is 19.3 Å². The highest BCUT2D eigenvalue weighted by Crippen LogP contribution is 2.35. The first-order valence-electron chi connectivity index (χ1n) is 17.6. The minimum absolute atomic E-state index is 0.170. The van der Waals surface area contributed by atoms with E-state index in [0.717, 1.165) is 70.6 Å². The number of esters is 2. The highest BCUT2D eigenvalue weighted by molar-refractivity contribution is 7.46. The Kier molecular flexibility index (Phi) is 31.7. The molecule has 0 aliphatic carbocycles. The molecule has 8 nitrogen and oxygen atoms in total. The van der Waals surface area contributed by atoms with Crippen molar-refractivity contribution in [3.05, 3.63) is 97.2 Å². The smallest absolute Gasteiger partial charge is 0.462 e. The lowest BCUT2D eigenvalue weighted by atomic mass is 10.1. The quantitative estimate of drug-likeness (QED) is 0.0252. The fourth-order valence-corrected chi connectivity index (χ4v) is 4.47. The summed E-state index contributed by atoms with van der Waals surface area (Å²) in [6.45, 7) is 3.33. The number of hydrogen-bond donors (Lipinski definition) is 2. The first-order valence-corrected chi connectivity index (χ1v) is 19.1. The van der Waals surface area contributed by atoms with Crippen LogP contribution in [0.4, 0.5) is 0 Å². The lowest BCUT2D eigenvalue weighted by molar-refractivity contribution is -0.161. The molecule has 0 aliphatic rings. The van der Waals surface area contributed by atoms with Gasteiger partial charge in [0.15, 0.2) is 6.10 Å². The SMILES string of the molecule is CC/C=C/C=C/C=C/CCCCCCCC(=O)OC(COC(=O)CCC/C=C/C/C=C/C/C=C/C/C=C/C/C=C/CC)COP(=O)(O)O. The molecule has 0 spiro atoms. The van der Waals surface area contributed by atoms with Gasteiger partial charge in [-0.25, -0.2) is 4.57 Å². The van der Waals surface area contributed by atoms with Gasteiger partial charge in [-0.05, 0) is 70.6 Å². The Morgan fingerprint density at radius 3 is 1.67 bits per heavy atom. The molecule has 0 bridgehead atoms. The normalized spacial score (nSPS) is 13.7. The van der Waals surface area contributed by atoms with Crippen molar-refractivity contribution in [1.29, 1.82) is 0 Å². The van der Waals surface area contributed by atoms with Crippen molar-refractivity contribution in [3.8, 4) is 0 Å². The molecule has 1 unspecified atom stereocenters. The van der Waals surface area contributed by atoms with Gasteiger partial charge in [-0.15, -0.1) is 0 Å². The van der Waals surface area contributed by atoms with E-state index in [-0.39, 0.29) is 19.4 Å². The zero-order valence-electron chi connectivity index (χ0n) is 29.3. The van der Waals surface area contributed by atoms with Crippen molar-refractivity contribution in [2.45, 2.75) is 123 Å². The predicted molar refractivity (Wildman–Crippen MR) is 197 cm³/mol. The molecule has 2 N–H and O–H groups in total. The summed E-state index contributed by atoms with van der Waals surface area (Å²) in [7, 11) is -4.77. The fraction of sp³-hybridized carbons (Fsp3) is 0.538. The van der Waals surface area contributed by atoms with Gasteiger partial charge in [0, 0.05) is 12.8 Å². The maximum absolute atomic E-state index is 12.3. The van der Waals surface area contributed by atoms with Crippen molar-refractivity contribution < 1.29 is 37.9 Å². The Morgan fingerprint density at radius 2 is 1.06 bits per heavy atom. The topological polar surface area (TPSA) is 119 Å². The predicted octanol–water partition coefficient (Wildman–Crippen LogP) is 10.3. The lowest BCUT2D eigenvalue weighted by Crippen LogP contribution is -2.29. The van der Waals surface area contributed by atoms with Gasteiger partial charge in [-0.3, -0.25) is 14.1 Å². The number of carbonyl (C=O) groups excluding carboxylic acids is 2. The minimum Gasteiger partial charge on any atom is -0.462 e. The molecule has 0 fully saturated rings. The molecular weight excluding hydrogens is 627 g/mol. The van der Waals surface area contributed by atoms with Gasteiger partial charge in [0.05, 0.1) is 6.61 Å². The molecule has 0 rings (SSSR count). The summed E-state index contributed by atoms with van der Waals surface area (Å²) in [6.07, 6.45) is 45.6. The van der Waals surface area contributed by atoms with Crippen LogP contribution in [0.1, 0.15) is 117 Å². The molecule has 0 aromatic heterocycles. The molecular formula is C39H61O8P. The van der Waals surface area contributed by atoms with Gasteiger partial charge < -0.3 is 19.3 Å². The molecule has 0 amide bonds. The zero-order chi connectivity index (χ0) is 35.4. The van der Waals surface area contributed by atoms with E-state index in [1.807, 2.05) is 30.4 Å². The third-order valence-electron chi connectivity index (χ3n) is 6.66. The van der Waals surface area contributed by atoms with Crippen molar-refractivity contribution in [3.63, 3.8) is 0 Å². The molecule has 270 valence electrons. The van der Waals surface area contributed by atoms with Crippen LogP contribution in [0.3, 0.4) is 0 Å². The Labute approximate surface area is 290 Å². The maximum atomic E-state index is 12.3. The Morgan fingerprint density at radius 1 is 0.562 bits per heavy atom. The van der Waals surface area contributed by atoms with Crippen LogP contribution in [0.25, 0.3) is 0 Å². The van der Waals surface area contributed by atoms with E-state index in [1.165, 1.54) is 0 Å². The van der Waals surface area contributed by atoms with Gasteiger partial charge in [0.25, 0.3) is 0 Å². The number of hydrogen-bond acceptors (Lipinski definition) is 6. The van der Waals surface area contributed by atoms with E-state index in [4.69, 9.17) is 19.3 Å². The van der Waals surface area contributed by atoms with Crippen molar-refractivity contribution in [2.24, 2.45) is 0 Å². The molecule has 48 heavy (non-hydrogen) atoms. The third kappa shape index (κ3) is 35.8. The molecule has 0 radical (unpaired) electrons. The van der Waals surface area contributed by atoms with Crippen molar-refractivity contribution >= 4 is 19.8 Å². The minimum atomic E-state index is -4.77. The van der Waals surface area contributed by atoms with Crippen molar-refractivity contribution in [1.82, 2.24) is 0 Å². The summed E-state index contributed by atoms with van der Waals surface area (Å²) in [4.78, 5) is 42.6. The second-order valence-corrected chi connectivity index (χ2v) is 12.4. The number of phosphoric ester groups is 1. The standard InChI is InChI=1S/C39H61O8P/c1-3-5-7-9-11-13-15-17-18-19-20-22-23-25-27-29-31-33-38(40)45-35-37(36-46-48(42,43)44)47-39(41)34-32-30-28-26-24-21-16-14-12-10-8-6-4-2/h5-8,10-14,16-18,20,22,25,27,37H,3-4,9,15,19,21,23-24,26,28-36H2,1-2H3,(H2,42,43,44)/b7-5+,8-6+,12-10+,13-11+,16-14+,18-17+,22-20+,27-25+. The molecule has 0 aliphatic heterocycles. The summed E-state index contributed by atoms with van der Waals surface area (Å²) in [5.41, 5.74) is 0. The van der Waals surface area contributed by atoms with Gasteiger partial charge in [-0.2, -0.15) is 0 Å². The summed E-state index contributed by atoms with van der Waals surface area (Å²) in [6, 6.07) is 0. The maximum Gasteiger partial charge on any atom is 0.469 e. The fourth-order valence-electron chi connectivity index (χ4n) is 4.11. The van der Waals surface area contributed by atoms with Crippen LogP contribution in [0.5, 0.6) is 0 Å². The van der Waals surface area contributed by atoms with E-state index in [9.17, 15) is 14.2 Å². The van der Waals surface area contributed by atoms with Gasteiger partial charge in [0.2, 0.25) is 0 Å². The van der Waals surface area contributed by atoms with Crippen LogP contribution in [0.15, 0.2) is 97.2 Å². The first-order chi connectivity index (χ1) is 23.3. The van der Waals surface area contributed by atoms with Gasteiger partial charge in [-0.1, -0.05) is 130 Å². The largest absolute Gasteiger partial charge is 0.469 e. The van der Waals surface area contributed by atoms with E-state index < -0.39 is 32.5 Å². The molecule has 0 saturated heterocycles. The van der Waals surface area contributed by atoms with Crippen LogP contribution in [-0.4, -0.2) is 41.0 Å². The lowest BCUT2D eigenvalue weighted by Gasteiger charge is -2.18. The zero-order valence-corrected chi connectivity index (χ0v) is 30.2. The third-order valence-corrected chi connectivity index (χ3v) is 7.14. The van der Waals surface area contributed by atoms with Crippen molar-refractivity contribution in [2.75, 3.05) is 13.2 Å². The molecule has 0 heterocycles. The number of ether oxygens (including phenoxy) is 2. The van der Waals surface area contributed by atoms with Crippen LogP contribution in [0.2, 0.25) is 0 Å². The molecule has 0 aromatic carbocycles. The molecule has 1 atom stereocenters. The van der Waals surface area contributed by atoms with E-state index in [1.54, 1.807) is 0 Å². The van der Waals surface area contributed by atoms with Gasteiger partial charge >= 0.3 is 19.8 Å². The average Bonchev–Trinajstić information content (AvgIpc) is 3.05. The van der Waals surface area contributed by atoms with E-state index in [2.05, 4.69) is 85.2 Å². The number of carbonyl (C=O) groups is 2. The molecule has 0 saturated carbocycles. The van der Waals surface area contributed by atoms with Crippen LogP contribution < -0.4 is 0 Å². The summed E-state index contributed by atoms with van der Waals surface area (Å²) in [5, 5.41) is 0. The molecule has 0 aromatic rings. The van der Waals surface area contributed by atoms with E-state index >= 15 is 0 Å². The number of phosphoric acid groups is 1. The summed E-state index contributed by atoms with van der Waals surface area (Å²) >= 11 is 0. The highest BCUT2D eigenvalue weighted by atomic mass is 31.2. The van der Waals surface area contributed by atoms with Gasteiger partial charge in [0.1, 0.15) is 6.61 Å². The second kappa shape index (κ2) is 33.9. The highest BCUT2D eigenvalue weighted by Gasteiger charge is 2.22. The molecule has 9 heteroatoms. The van der Waals surface area contributed by atoms with Crippen LogP contribution in [0, 0.1) is 0 Å². The Bertz CT molecular complexity index is 1090. The van der Waals surface area contributed by atoms with Crippen LogP contribution >= 0.6 is 7.82 Å². The first kappa shape index (κ1) is 45.0. The number of rotatable bonds is 30. The number of unbranched alkanes of at least 4 members (excludes halogenated alkanes) is 6. The Hall–Kier alpha value is -3.03. The summed E-state index contributed by atoms with van der Waals surface area (Å²) < 4.78 is 26.2. The summed E-state index contributed by atoms with van der Waals surface area (Å²) in [5.74, 6) is -0.991. The monoisotopic (exact) mass is 688 g/mol. The van der Waals surface area contributed by atoms with Crippen LogP contribution in [-0.2, 0) is 28.2 Å².